The molecule has 0 saturated heterocycles. The van der Waals surface area contributed by atoms with E-state index in [-0.39, 0.29) is 11.8 Å². The summed E-state index contributed by atoms with van der Waals surface area (Å²) < 4.78 is 5.16. The fourth-order valence-electron chi connectivity index (χ4n) is 0.864. The Morgan fingerprint density at radius 1 is 1.67 bits per heavy atom. The SMILES string of the molecule is CC(C)c1oc(N=C=O)cc1Cl. The average Bonchev–Trinajstić information content (AvgIpc) is 2.32. The van der Waals surface area contributed by atoms with Crippen LogP contribution < -0.4 is 0 Å². The molecular weight excluding hydrogens is 178 g/mol. The van der Waals surface area contributed by atoms with Gasteiger partial charge in [-0.2, -0.15) is 0 Å². The minimum atomic E-state index is 0.188. The number of nitrogens with zero attached hydrogens (tertiary/aromatic N) is 1. The Morgan fingerprint density at radius 3 is 2.75 bits per heavy atom. The van der Waals surface area contributed by atoms with Gasteiger partial charge in [0, 0.05) is 12.0 Å². The van der Waals surface area contributed by atoms with Gasteiger partial charge in [-0.3, -0.25) is 0 Å². The van der Waals surface area contributed by atoms with Crippen molar-refractivity contribution in [2.45, 2.75) is 19.8 Å². The van der Waals surface area contributed by atoms with Crippen molar-refractivity contribution in [2.24, 2.45) is 4.99 Å². The highest BCUT2D eigenvalue weighted by Gasteiger charge is 2.11. The summed E-state index contributed by atoms with van der Waals surface area (Å²) in [6.45, 7) is 3.89. The Hall–Kier alpha value is -1.05. The molecule has 4 heteroatoms. The number of aliphatic imine (C=N–C) groups is 1. The summed E-state index contributed by atoms with van der Waals surface area (Å²) in [7, 11) is 0. The zero-order chi connectivity index (χ0) is 9.14. The van der Waals surface area contributed by atoms with Gasteiger partial charge in [0.05, 0.1) is 5.02 Å². The molecule has 64 valence electrons. The molecule has 0 unspecified atom stereocenters. The van der Waals surface area contributed by atoms with Crippen molar-refractivity contribution in [2.75, 3.05) is 0 Å². The molecule has 0 fully saturated rings. The molecule has 1 aromatic rings. The van der Waals surface area contributed by atoms with Gasteiger partial charge in [-0.15, -0.1) is 4.99 Å². The molecule has 1 heterocycles. The van der Waals surface area contributed by atoms with E-state index in [0.29, 0.717) is 10.8 Å². The standard InChI is InChI=1S/C8H8ClNO2/c1-5(2)8-6(9)3-7(12-8)10-4-11/h3,5H,1-2H3. The average molecular weight is 186 g/mol. The summed E-state index contributed by atoms with van der Waals surface area (Å²) in [5.41, 5.74) is 0. The molecule has 1 rings (SSSR count). The Labute approximate surface area is 75.0 Å². The summed E-state index contributed by atoms with van der Waals surface area (Å²) in [4.78, 5) is 13.2. The molecule has 0 N–H and O–H groups in total. The van der Waals surface area contributed by atoms with Gasteiger partial charge in [0.2, 0.25) is 12.0 Å². The van der Waals surface area contributed by atoms with Gasteiger partial charge in [0.15, 0.2) is 0 Å². The van der Waals surface area contributed by atoms with E-state index in [0.717, 1.165) is 0 Å². The van der Waals surface area contributed by atoms with Crippen molar-refractivity contribution < 1.29 is 9.21 Å². The van der Waals surface area contributed by atoms with Crippen molar-refractivity contribution in [1.82, 2.24) is 0 Å². The Bertz CT molecular complexity index is 324. The summed E-state index contributed by atoms with van der Waals surface area (Å²) in [6.07, 6.45) is 1.39. The van der Waals surface area contributed by atoms with Crippen molar-refractivity contribution in [3.05, 3.63) is 16.8 Å². The number of furan rings is 1. The van der Waals surface area contributed by atoms with Crippen LogP contribution in [0.1, 0.15) is 25.5 Å². The van der Waals surface area contributed by atoms with Gasteiger partial charge in [-0.1, -0.05) is 25.4 Å². The monoisotopic (exact) mass is 185 g/mol. The van der Waals surface area contributed by atoms with Crippen LogP contribution in [0.2, 0.25) is 5.02 Å². The Balaban J connectivity index is 3.08. The lowest BCUT2D eigenvalue weighted by Gasteiger charge is -1.98. The van der Waals surface area contributed by atoms with E-state index in [1.165, 1.54) is 12.1 Å². The lowest BCUT2D eigenvalue weighted by atomic mass is 10.2. The van der Waals surface area contributed by atoms with Crippen LogP contribution >= 0.6 is 11.6 Å². The first-order chi connectivity index (χ1) is 5.65. The minimum absolute atomic E-state index is 0.188. The van der Waals surface area contributed by atoms with Crippen LogP contribution in [-0.4, -0.2) is 6.08 Å². The third-order valence-corrected chi connectivity index (χ3v) is 1.68. The quantitative estimate of drug-likeness (QED) is 0.525. The number of rotatable bonds is 2. The molecule has 0 aromatic carbocycles. The van der Waals surface area contributed by atoms with Crippen LogP contribution in [0, 0.1) is 0 Å². The topological polar surface area (TPSA) is 42.6 Å². The van der Waals surface area contributed by atoms with Crippen LogP contribution in [0.3, 0.4) is 0 Å². The maximum atomic E-state index is 9.87. The molecule has 0 amide bonds. The van der Waals surface area contributed by atoms with Gasteiger partial charge in [0.25, 0.3) is 0 Å². The molecule has 1 aromatic heterocycles. The number of hydrogen-bond donors (Lipinski definition) is 0. The molecule has 0 atom stereocenters. The molecule has 3 nitrogen and oxygen atoms in total. The Morgan fingerprint density at radius 2 is 2.33 bits per heavy atom. The molecule has 0 saturated carbocycles. The fraction of sp³-hybridized carbons (Fsp3) is 0.375. The van der Waals surface area contributed by atoms with Gasteiger partial charge in [-0.05, 0) is 0 Å². The molecule has 0 radical (unpaired) electrons. The molecule has 12 heavy (non-hydrogen) atoms. The Kier molecular flexibility index (Phi) is 2.69. The van der Waals surface area contributed by atoms with Gasteiger partial charge in [0.1, 0.15) is 5.76 Å². The lowest BCUT2D eigenvalue weighted by Crippen LogP contribution is -1.82. The zero-order valence-electron chi connectivity index (χ0n) is 6.80. The second-order valence-electron chi connectivity index (χ2n) is 2.65. The van der Waals surface area contributed by atoms with Gasteiger partial charge in [-0.25, -0.2) is 4.79 Å². The largest absolute Gasteiger partial charge is 0.441 e. The fourth-order valence-corrected chi connectivity index (χ4v) is 1.21. The van der Waals surface area contributed by atoms with E-state index < -0.39 is 0 Å². The van der Waals surface area contributed by atoms with Crippen LogP contribution in [0.5, 0.6) is 0 Å². The summed E-state index contributed by atoms with van der Waals surface area (Å²) >= 11 is 5.79. The molecular formula is C8H8ClNO2. The van der Waals surface area contributed by atoms with E-state index in [2.05, 4.69) is 4.99 Å². The van der Waals surface area contributed by atoms with Crippen molar-refractivity contribution in [3.8, 4) is 0 Å². The summed E-state index contributed by atoms with van der Waals surface area (Å²) in [5.74, 6) is 1.04. The van der Waals surface area contributed by atoms with E-state index in [1.54, 1.807) is 0 Å². The predicted octanol–water partition coefficient (Wildman–Crippen LogP) is 3.02. The highest BCUT2D eigenvalue weighted by Crippen LogP contribution is 2.31. The van der Waals surface area contributed by atoms with Crippen LogP contribution in [0.25, 0.3) is 0 Å². The second kappa shape index (κ2) is 3.57. The molecule has 0 bridgehead atoms. The van der Waals surface area contributed by atoms with Crippen molar-refractivity contribution in [3.63, 3.8) is 0 Å². The highest BCUT2D eigenvalue weighted by atomic mass is 35.5. The molecule has 0 spiro atoms. The van der Waals surface area contributed by atoms with Crippen molar-refractivity contribution in [1.29, 1.82) is 0 Å². The third kappa shape index (κ3) is 1.76. The first kappa shape index (κ1) is 9.04. The smallest absolute Gasteiger partial charge is 0.243 e. The van der Waals surface area contributed by atoms with E-state index >= 15 is 0 Å². The maximum absolute atomic E-state index is 9.87. The minimum Gasteiger partial charge on any atom is -0.441 e. The predicted molar refractivity (Wildman–Crippen MR) is 45.6 cm³/mol. The zero-order valence-corrected chi connectivity index (χ0v) is 7.55. The van der Waals surface area contributed by atoms with E-state index in [9.17, 15) is 4.79 Å². The van der Waals surface area contributed by atoms with Crippen LogP contribution in [-0.2, 0) is 4.79 Å². The number of hydrogen-bond acceptors (Lipinski definition) is 3. The van der Waals surface area contributed by atoms with E-state index in [4.69, 9.17) is 16.0 Å². The number of halogens is 1. The maximum Gasteiger partial charge on any atom is 0.243 e. The first-order valence-electron chi connectivity index (χ1n) is 3.52. The van der Waals surface area contributed by atoms with Gasteiger partial charge < -0.3 is 4.42 Å². The summed E-state index contributed by atoms with van der Waals surface area (Å²) in [6, 6.07) is 1.50. The number of carbonyl (C=O) groups excluding carboxylic acids is 1. The molecule has 0 aliphatic heterocycles. The number of isocyanates is 1. The lowest BCUT2D eigenvalue weighted by molar-refractivity contribution is 0.494. The van der Waals surface area contributed by atoms with Crippen LogP contribution in [0.15, 0.2) is 15.5 Å². The van der Waals surface area contributed by atoms with Gasteiger partial charge >= 0.3 is 0 Å². The summed E-state index contributed by atoms with van der Waals surface area (Å²) in [5, 5.41) is 0.499. The molecule has 0 aliphatic rings. The van der Waals surface area contributed by atoms with Crippen LogP contribution in [0.4, 0.5) is 5.88 Å². The highest BCUT2D eigenvalue weighted by molar-refractivity contribution is 6.31. The first-order valence-corrected chi connectivity index (χ1v) is 3.90. The van der Waals surface area contributed by atoms with Crippen molar-refractivity contribution >= 4 is 23.6 Å². The second-order valence-corrected chi connectivity index (χ2v) is 3.06. The normalized spacial score (nSPS) is 10.0. The molecule has 0 aliphatic carbocycles. The van der Waals surface area contributed by atoms with E-state index in [1.807, 2.05) is 13.8 Å². The third-order valence-electron chi connectivity index (χ3n) is 1.38.